The summed E-state index contributed by atoms with van der Waals surface area (Å²) in [6, 6.07) is 0. The molecule has 0 saturated heterocycles. The van der Waals surface area contributed by atoms with E-state index in [2.05, 4.69) is 16.0 Å². The zero-order valence-electron chi connectivity index (χ0n) is 4.52. The lowest BCUT2D eigenvalue weighted by Crippen LogP contribution is -2.51. The Morgan fingerprint density at radius 3 is 2.29 bits per heavy atom. The Balaban J connectivity index is 2.16. The van der Waals surface area contributed by atoms with Gasteiger partial charge in [0.2, 0.25) is 0 Å². The van der Waals surface area contributed by atoms with Gasteiger partial charge in [0.25, 0.3) is 0 Å². The molecule has 0 saturated carbocycles. The Morgan fingerprint density at radius 2 is 2.14 bits per heavy atom. The van der Waals surface area contributed by atoms with E-state index >= 15 is 0 Å². The molecule has 1 aliphatic heterocycles. The van der Waals surface area contributed by atoms with Crippen molar-refractivity contribution in [1.82, 2.24) is 0 Å². The van der Waals surface area contributed by atoms with Gasteiger partial charge in [0, 0.05) is 6.42 Å². The van der Waals surface area contributed by atoms with Gasteiger partial charge in [-0.15, -0.1) is 0 Å². The van der Waals surface area contributed by atoms with E-state index < -0.39 is 0 Å². The third kappa shape index (κ3) is 0.962. The third-order valence-electron chi connectivity index (χ3n) is 1.09. The molecule has 0 amide bonds. The zero-order chi connectivity index (χ0) is 5.33. The van der Waals surface area contributed by atoms with Crippen molar-refractivity contribution in [3.05, 3.63) is 0 Å². The van der Waals surface area contributed by atoms with E-state index in [-0.39, 0.29) is 5.66 Å². The minimum atomic E-state index is -0.0122. The average Bonchev–Trinajstić information content (AvgIpc) is 2.22. The van der Waals surface area contributed by atoms with Crippen molar-refractivity contribution in [3.8, 4) is 0 Å². The molecule has 3 N–H and O–H groups in total. The lowest BCUT2D eigenvalue weighted by atomic mass is 10.2. The summed E-state index contributed by atoms with van der Waals surface area (Å²) in [4.78, 5) is 0. The minimum absolute atomic E-state index is 0.0122. The van der Waals surface area contributed by atoms with Crippen LogP contribution in [0, 0.1) is 0 Å². The van der Waals surface area contributed by atoms with Crippen LogP contribution < -0.4 is 5.73 Å². The van der Waals surface area contributed by atoms with Crippen molar-refractivity contribution in [1.29, 1.82) is 0 Å². The average molecular weight is 100 g/mol. The number of hydrogen-bond acceptors (Lipinski definition) is 2. The first-order valence-corrected chi connectivity index (χ1v) is 2.50. The van der Waals surface area contributed by atoms with Crippen LogP contribution in [0.15, 0.2) is 10.2 Å². The standard InChI is InChI=1S/C4H9N3/c1-4(2-3-5)6-7-4/h2-3,5H2,1H3/p+1. The van der Waals surface area contributed by atoms with Gasteiger partial charge in [-0.05, 0) is 6.92 Å². The van der Waals surface area contributed by atoms with Gasteiger partial charge in [-0.2, -0.15) is 10.2 Å². The van der Waals surface area contributed by atoms with Gasteiger partial charge >= 0.3 is 0 Å². The molecule has 3 nitrogen and oxygen atoms in total. The van der Waals surface area contributed by atoms with Crippen LogP contribution in [0.2, 0.25) is 0 Å². The second kappa shape index (κ2) is 1.26. The van der Waals surface area contributed by atoms with Gasteiger partial charge in [0.05, 0.1) is 6.54 Å². The summed E-state index contributed by atoms with van der Waals surface area (Å²) in [5.74, 6) is 0. The van der Waals surface area contributed by atoms with Crippen LogP contribution in [0.3, 0.4) is 0 Å². The molecular formula is C4H10N3+. The smallest absolute Gasteiger partial charge is 0.193 e. The molecule has 0 fully saturated rings. The maximum absolute atomic E-state index is 3.81. The first-order valence-electron chi connectivity index (χ1n) is 2.50. The predicted molar refractivity (Wildman–Crippen MR) is 25.6 cm³/mol. The maximum Gasteiger partial charge on any atom is 0.193 e. The predicted octanol–water partition coefficient (Wildman–Crippen LogP) is -0.200. The van der Waals surface area contributed by atoms with Gasteiger partial charge < -0.3 is 5.73 Å². The van der Waals surface area contributed by atoms with Crippen molar-refractivity contribution in [2.75, 3.05) is 6.54 Å². The Kier molecular flexibility index (Phi) is 0.852. The lowest BCUT2D eigenvalue weighted by molar-refractivity contribution is -0.369. The van der Waals surface area contributed by atoms with Crippen LogP contribution in [0.25, 0.3) is 0 Å². The molecule has 0 aromatic rings. The summed E-state index contributed by atoms with van der Waals surface area (Å²) in [6.45, 7) is 2.95. The molecule has 3 heteroatoms. The van der Waals surface area contributed by atoms with E-state index in [1.54, 1.807) is 0 Å². The lowest BCUT2D eigenvalue weighted by Gasteiger charge is -1.93. The van der Waals surface area contributed by atoms with Crippen LogP contribution in [-0.4, -0.2) is 12.2 Å². The van der Waals surface area contributed by atoms with Crippen LogP contribution in [-0.2, 0) is 0 Å². The molecule has 0 radical (unpaired) electrons. The van der Waals surface area contributed by atoms with Crippen molar-refractivity contribution < 1.29 is 5.73 Å². The highest BCUT2D eigenvalue weighted by Crippen LogP contribution is 2.29. The SMILES string of the molecule is CC1(CC[NH3+])N=N1. The molecule has 1 rings (SSSR count). The van der Waals surface area contributed by atoms with Crippen molar-refractivity contribution >= 4 is 0 Å². The molecular weight excluding hydrogens is 90.1 g/mol. The normalized spacial score (nSPS) is 22.6. The fourth-order valence-electron chi connectivity index (χ4n) is 0.520. The van der Waals surface area contributed by atoms with E-state index in [0.29, 0.717) is 0 Å². The van der Waals surface area contributed by atoms with E-state index in [1.165, 1.54) is 0 Å². The van der Waals surface area contributed by atoms with Gasteiger partial charge in [0.1, 0.15) is 0 Å². The summed E-state index contributed by atoms with van der Waals surface area (Å²) < 4.78 is 0. The molecule has 0 bridgehead atoms. The number of nitrogens with zero attached hydrogens (tertiary/aromatic N) is 2. The summed E-state index contributed by atoms with van der Waals surface area (Å²) in [6.07, 6.45) is 1.01. The van der Waals surface area contributed by atoms with E-state index in [1.807, 2.05) is 6.92 Å². The van der Waals surface area contributed by atoms with Gasteiger partial charge in [0.15, 0.2) is 5.66 Å². The fourth-order valence-corrected chi connectivity index (χ4v) is 0.520. The molecule has 40 valence electrons. The Labute approximate surface area is 42.6 Å². The molecule has 0 unspecified atom stereocenters. The Bertz CT molecular complexity index is 91.1. The van der Waals surface area contributed by atoms with E-state index in [4.69, 9.17) is 0 Å². The Morgan fingerprint density at radius 1 is 1.57 bits per heavy atom. The van der Waals surface area contributed by atoms with Crippen molar-refractivity contribution in [2.45, 2.75) is 19.0 Å². The van der Waals surface area contributed by atoms with Crippen LogP contribution >= 0.6 is 0 Å². The van der Waals surface area contributed by atoms with Crippen LogP contribution in [0.4, 0.5) is 0 Å². The number of rotatable bonds is 2. The van der Waals surface area contributed by atoms with Crippen molar-refractivity contribution in [2.24, 2.45) is 10.2 Å². The summed E-state index contributed by atoms with van der Waals surface area (Å²) in [5, 5.41) is 7.62. The summed E-state index contributed by atoms with van der Waals surface area (Å²) in [7, 11) is 0. The van der Waals surface area contributed by atoms with Gasteiger partial charge in [-0.25, -0.2) is 0 Å². The first-order chi connectivity index (χ1) is 3.27. The first kappa shape index (κ1) is 4.71. The molecule has 0 spiro atoms. The highest BCUT2D eigenvalue weighted by Gasteiger charge is 2.32. The minimum Gasteiger partial charge on any atom is -0.357 e. The second-order valence-corrected chi connectivity index (χ2v) is 2.02. The largest absolute Gasteiger partial charge is 0.357 e. The second-order valence-electron chi connectivity index (χ2n) is 2.02. The highest BCUT2D eigenvalue weighted by molar-refractivity contribution is 4.86. The van der Waals surface area contributed by atoms with Crippen molar-refractivity contribution in [3.63, 3.8) is 0 Å². The topological polar surface area (TPSA) is 52.4 Å². The third-order valence-corrected chi connectivity index (χ3v) is 1.09. The molecule has 7 heavy (non-hydrogen) atoms. The molecule has 1 heterocycles. The highest BCUT2D eigenvalue weighted by atomic mass is 15.4. The maximum atomic E-state index is 3.81. The fraction of sp³-hybridized carbons (Fsp3) is 1.00. The molecule has 0 aliphatic carbocycles. The quantitative estimate of drug-likeness (QED) is 0.499. The molecule has 1 aliphatic rings. The zero-order valence-corrected chi connectivity index (χ0v) is 4.52. The summed E-state index contributed by atoms with van der Waals surface area (Å²) in [5.41, 5.74) is 3.68. The molecule has 0 atom stereocenters. The summed E-state index contributed by atoms with van der Waals surface area (Å²) >= 11 is 0. The van der Waals surface area contributed by atoms with Crippen LogP contribution in [0.5, 0.6) is 0 Å². The van der Waals surface area contributed by atoms with E-state index in [9.17, 15) is 0 Å². The number of quaternary nitrogens is 1. The molecule has 0 aromatic heterocycles. The van der Waals surface area contributed by atoms with Gasteiger partial charge in [-0.3, -0.25) is 0 Å². The van der Waals surface area contributed by atoms with Crippen LogP contribution in [0.1, 0.15) is 13.3 Å². The monoisotopic (exact) mass is 100 g/mol. The van der Waals surface area contributed by atoms with E-state index in [0.717, 1.165) is 13.0 Å². The molecule has 0 aromatic carbocycles. The number of hydrogen-bond donors (Lipinski definition) is 1. The Hall–Kier alpha value is -0.440. The van der Waals surface area contributed by atoms with Gasteiger partial charge in [-0.1, -0.05) is 0 Å².